The van der Waals surface area contributed by atoms with Crippen LogP contribution in [0.4, 0.5) is 0 Å². The first-order valence-electron chi connectivity index (χ1n) is 3.60. The molecule has 5 heteroatoms. The zero-order valence-corrected chi connectivity index (χ0v) is 7.02. The maximum atomic E-state index is 10.4. The molecule has 1 aromatic heterocycles. The summed E-state index contributed by atoms with van der Waals surface area (Å²) in [4.78, 5) is 24.3. The predicted molar refractivity (Wildman–Crippen MR) is 47.3 cm³/mol. The topological polar surface area (TPSA) is 93.3 Å². The van der Waals surface area contributed by atoms with Crippen LogP contribution in [0.25, 0.3) is 0 Å². The number of hydrogen-bond acceptors (Lipinski definition) is 3. The molecule has 0 unspecified atom stereocenters. The Balaban J connectivity index is 2.91. The number of rotatable bonds is 1. The van der Waals surface area contributed by atoms with Crippen LogP contribution in [0.3, 0.4) is 0 Å². The molecule has 1 amide bonds. The highest BCUT2D eigenvalue weighted by Gasteiger charge is 2.01. The van der Waals surface area contributed by atoms with Gasteiger partial charge in [0.1, 0.15) is 5.69 Å². The molecular weight excluding hydrogens is 184 g/mol. The second-order valence-electron chi connectivity index (χ2n) is 2.35. The van der Waals surface area contributed by atoms with E-state index in [1.54, 1.807) is 0 Å². The molecule has 1 aromatic rings. The minimum Gasteiger partial charge on any atom is -0.477 e. The van der Waals surface area contributed by atoms with Crippen LogP contribution in [0.1, 0.15) is 16.1 Å². The zero-order valence-electron chi connectivity index (χ0n) is 7.02. The number of carbonyl (C=O) groups is 2. The summed E-state index contributed by atoms with van der Waals surface area (Å²) in [5, 5.41) is 8.52. The molecule has 14 heavy (non-hydrogen) atoms. The number of aromatic carboxylic acids is 1. The number of carbonyl (C=O) groups excluding carboxylic acids is 1. The van der Waals surface area contributed by atoms with Crippen LogP contribution in [-0.4, -0.2) is 22.0 Å². The van der Waals surface area contributed by atoms with Gasteiger partial charge in [0.05, 0.1) is 0 Å². The number of carboxylic acid groups (broad SMARTS) is 1. The molecule has 0 spiro atoms. The molecule has 0 atom stereocenters. The molecule has 5 nitrogen and oxygen atoms in total. The maximum Gasteiger partial charge on any atom is 0.354 e. The highest BCUT2D eigenvalue weighted by Crippen LogP contribution is 1.98. The Morgan fingerprint density at radius 2 is 2.14 bits per heavy atom. The molecule has 0 aliphatic carbocycles. The monoisotopic (exact) mass is 190 g/mol. The van der Waals surface area contributed by atoms with Crippen molar-refractivity contribution >= 4 is 11.9 Å². The van der Waals surface area contributed by atoms with E-state index in [4.69, 9.17) is 10.8 Å². The fourth-order valence-electron chi connectivity index (χ4n) is 0.728. The molecule has 1 rings (SSSR count). The van der Waals surface area contributed by atoms with E-state index in [1.165, 1.54) is 18.3 Å². The van der Waals surface area contributed by atoms with Gasteiger partial charge in [0.25, 0.3) is 5.91 Å². The summed E-state index contributed by atoms with van der Waals surface area (Å²) in [6.45, 7) is 0. The molecule has 0 radical (unpaired) electrons. The summed E-state index contributed by atoms with van der Waals surface area (Å²) >= 11 is 0. The lowest BCUT2D eigenvalue weighted by Gasteiger charge is -1.92. The number of carboxylic acids is 1. The van der Waals surface area contributed by atoms with E-state index in [-0.39, 0.29) is 5.69 Å². The van der Waals surface area contributed by atoms with E-state index in [2.05, 4.69) is 16.8 Å². The van der Waals surface area contributed by atoms with Gasteiger partial charge in [0, 0.05) is 17.7 Å². The van der Waals surface area contributed by atoms with Crippen molar-refractivity contribution in [2.24, 2.45) is 5.73 Å². The Labute approximate surface area is 79.6 Å². The highest BCUT2D eigenvalue weighted by molar-refractivity contribution is 5.92. The van der Waals surface area contributed by atoms with Gasteiger partial charge in [0.15, 0.2) is 0 Å². The quantitative estimate of drug-likeness (QED) is 0.590. The van der Waals surface area contributed by atoms with Crippen molar-refractivity contribution in [3.63, 3.8) is 0 Å². The first kappa shape index (κ1) is 9.74. The second-order valence-corrected chi connectivity index (χ2v) is 2.35. The minimum absolute atomic E-state index is 0.0744. The Bertz CT molecular complexity index is 426. The molecule has 0 fully saturated rings. The van der Waals surface area contributed by atoms with Gasteiger partial charge in [-0.2, -0.15) is 0 Å². The van der Waals surface area contributed by atoms with Gasteiger partial charge < -0.3 is 10.8 Å². The molecule has 3 N–H and O–H groups in total. The number of hydrogen-bond donors (Lipinski definition) is 2. The number of nitrogens with two attached hydrogens (primary N) is 1. The van der Waals surface area contributed by atoms with Crippen LogP contribution in [0, 0.1) is 11.8 Å². The van der Waals surface area contributed by atoms with Crippen LogP contribution in [0.2, 0.25) is 0 Å². The molecular formula is C9H6N2O3. The minimum atomic E-state index is -1.11. The summed E-state index contributed by atoms with van der Waals surface area (Å²) in [5.74, 6) is 2.69. The zero-order chi connectivity index (χ0) is 10.6. The predicted octanol–water partition coefficient (Wildman–Crippen LogP) is -0.383. The van der Waals surface area contributed by atoms with Crippen LogP contribution in [-0.2, 0) is 4.79 Å². The fourth-order valence-corrected chi connectivity index (χ4v) is 0.728. The smallest absolute Gasteiger partial charge is 0.354 e. The Morgan fingerprint density at radius 3 is 2.57 bits per heavy atom. The van der Waals surface area contributed by atoms with Crippen LogP contribution < -0.4 is 5.73 Å². The largest absolute Gasteiger partial charge is 0.477 e. The molecule has 0 bridgehead atoms. The van der Waals surface area contributed by atoms with Crippen LogP contribution in [0.5, 0.6) is 0 Å². The van der Waals surface area contributed by atoms with E-state index in [1.807, 2.05) is 0 Å². The van der Waals surface area contributed by atoms with E-state index in [0.29, 0.717) is 5.56 Å². The third-order valence-corrected chi connectivity index (χ3v) is 1.31. The van der Waals surface area contributed by atoms with Gasteiger partial charge in [-0.15, -0.1) is 0 Å². The van der Waals surface area contributed by atoms with E-state index in [9.17, 15) is 9.59 Å². The average molecular weight is 190 g/mol. The Hall–Kier alpha value is -2.35. The average Bonchev–Trinajstić information content (AvgIpc) is 2.15. The number of aromatic nitrogens is 1. The number of pyridine rings is 1. The van der Waals surface area contributed by atoms with Crippen molar-refractivity contribution in [2.45, 2.75) is 0 Å². The molecule has 70 valence electrons. The molecule has 0 aliphatic rings. The summed E-state index contributed by atoms with van der Waals surface area (Å²) in [6, 6.07) is 2.75. The lowest BCUT2D eigenvalue weighted by Crippen LogP contribution is -2.06. The lowest BCUT2D eigenvalue weighted by molar-refractivity contribution is -0.112. The van der Waals surface area contributed by atoms with Gasteiger partial charge in [-0.3, -0.25) is 4.79 Å². The Morgan fingerprint density at radius 1 is 1.43 bits per heavy atom. The molecule has 1 heterocycles. The number of primary amides is 1. The van der Waals surface area contributed by atoms with Gasteiger partial charge in [-0.05, 0) is 12.1 Å². The third kappa shape index (κ3) is 2.60. The van der Waals surface area contributed by atoms with E-state index in [0.717, 1.165) is 0 Å². The summed E-state index contributed by atoms with van der Waals surface area (Å²) in [5.41, 5.74) is 5.16. The Kier molecular flexibility index (Phi) is 2.82. The van der Waals surface area contributed by atoms with E-state index >= 15 is 0 Å². The number of nitrogens with zero attached hydrogens (tertiary/aromatic N) is 1. The van der Waals surface area contributed by atoms with Crippen LogP contribution >= 0.6 is 0 Å². The molecule has 0 aliphatic heterocycles. The summed E-state index contributed by atoms with van der Waals surface area (Å²) < 4.78 is 0. The maximum absolute atomic E-state index is 10.4. The van der Waals surface area contributed by atoms with Gasteiger partial charge in [-0.25, -0.2) is 9.78 Å². The SMILES string of the molecule is NC(=O)C#Cc1ccc(C(=O)O)nc1. The second kappa shape index (κ2) is 4.05. The molecule has 0 aromatic carbocycles. The fraction of sp³-hybridized carbons (Fsp3) is 0. The first-order chi connectivity index (χ1) is 6.59. The summed E-state index contributed by atoms with van der Waals surface area (Å²) in [6.07, 6.45) is 1.26. The van der Waals surface area contributed by atoms with E-state index < -0.39 is 11.9 Å². The normalized spacial score (nSPS) is 8.57. The summed E-state index contributed by atoms with van der Waals surface area (Å²) in [7, 11) is 0. The van der Waals surface area contributed by atoms with Gasteiger partial charge >= 0.3 is 5.97 Å². The first-order valence-corrected chi connectivity index (χ1v) is 3.60. The van der Waals surface area contributed by atoms with Gasteiger partial charge in [-0.1, -0.05) is 5.92 Å². The van der Waals surface area contributed by atoms with Crippen molar-refractivity contribution in [3.05, 3.63) is 29.6 Å². The molecule has 0 saturated heterocycles. The van der Waals surface area contributed by atoms with Crippen molar-refractivity contribution in [2.75, 3.05) is 0 Å². The number of amides is 1. The standard InChI is InChI=1S/C9H6N2O3/c10-8(12)4-2-6-1-3-7(9(13)14)11-5-6/h1,3,5H,(H2,10,12)(H,13,14). The van der Waals surface area contributed by atoms with Crippen molar-refractivity contribution in [1.29, 1.82) is 0 Å². The van der Waals surface area contributed by atoms with Crippen molar-refractivity contribution < 1.29 is 14.7 Å². The van der Waals surface area contributed by atoms with Crippen molar-refractivity contribution in [1.82, 2.24) is 4.98 Å². The van der Waals surface area contributed by atoms with Crippen LogP contribution in [0.15, 0.2) is 18.3 Å². The van der Waals surface area contributed by atoms with Crippen molar-refractivity contribution in [3.8, 4) is 11.8 Å². The highest BCUT2D eigenvalue weighted by atomic mass is 16.4. The third-order valence-electron chi connectivity index (χ3n) is 1.31. The molecule has 0 saturated carbocycles. The lowest BCUT2D eigenvalue weighted by atomic mass is 10.2. The van der Waals surface area contributed by atoms with Gasteiger partial charge in [0.2, 0.25) is 0 Å².